The zero-order valence-electron chi connectivity index (χ0n) is 20.3. The van der Waals surface area contributed by atoms with Crippen molar-refractivity contribution in [3.63, 3.8) is 0 Å². The Morgan fingerprint density at radius 2 is 1.18 bits per heavy atom. The molecule has 0 heterocycles. The molecule has 0 radical (unpaired) electrons. The van der Waals surface area contributed by atoms with E-state index < -0.39 is 8.80 Å². The highest BCUT2D eigenvalue weighted by atomic mass is 28.3. The van der Waals surface area contributed by atoms with E-state index in [4.69, 9.17) is 4.74 Å². The summed E-state index contributed by atoms with van der Waals surface area (Å²) in [5.41, 5.74) is 1.94. The molecule has 4 fully saturated rings. The predicted molar refractivity (Wildman–Crippen MR) is 141 cm³/mol. The molecule has 0 saturated heterocycles. The Balaban J connectivity index is 1.32. The van der Waals surface area contributed by atoms with E-state index in [1.807, 2.05) is 0 Å². The summed E-state index contributed by atoms with van der Waals surface area (Å²) in [4.78, 5) is 13.6. The first-order chi connectivity index (χ1) is 16.5. The molecule has 0 atom stereocenters. The van der Waals surface area contributed by atoms with Crippen LogP contribution in [0, 0.1) is 37.0 Å². The summed E-state index contributed by atoms with van der Waals surface area (Å²) in [6, 6.07) is 26.3. The molecule has 4 aliphatic carbocycles. The van der Waals surface area contributed by atoms with Crippen molar-refractivity contribution in [2.45, 2.75) is 52.4 Å². The van der Waals surface area contributed by atoms with Crippen LogP contribution in [0.5, 0.6) is 5.75 Å². The van der Waals surface area contributed by atoms with Crippen LogP contribution in [0.1, 0.15) is 49.7 Å². The maximum absolute atomic E-state index is 13.6. The Hall–Kier alpha value is -2.65. The van der Waals surface area contributed by atoms with Crippen molar-refractivity contribution in [3.05, 3.63) is 83.9 Å². The second-order valence-electron chi connectivity index (χ2n) is 11.3. The first-order valence-electron chi connectivity index (χ1n) is 12.9. The van der Waals surface area contributed by atoms with Gasteiger partial charge in [0.2, 0.25) is 0 Å². The molecule has 0 aromatic heterocycles. The topological polar surface area (TPSA) is 26.3 Å². The highest BCUT2D eigenvalue weighted by Crippen LogP contribution is 2.60. The van der Waals surface area contributed by atoms with Crippen molar-refractivity contribution in [2.24, 2.45) is 23.2 Å². The van der Waals surface area contributed by atoms with Crippen molar-refractivity contribution in [3.8, 4) is 5.75 Å². The second-order valence-corrected chi connectivity index (χ2v) is 14.2. The number of esters is 1. The van der Waals surface area contributed by atoms with Gasteiger partial charge >= 0.3 is 5.97 Å². The van der Waals surface area contributed by atoms with Crippen LogP contribution in [0.2, 0.25) is 0 Å². The fourth-order valence-corrected chi connectivity index (χ4v) is 10.9. The lowest BCUT2D eigenvalue weighted by Gasteiger charge is -2.55. The smallest absolute Gasteiger partial charge is 0.317 e. The van der Waals surface area contributed by atoms with Crippen LogP contribution in [0.25, 0.3) is 0 Å². The highest BCUT2D eigenvalue weighted by molar-refractivity contribution is 6.95. The molecular weight excluding hydrogens is 432 g/mol. The first kappa shape index (κ1) is 21.9. The highest BCUT2D eigenvalue weighted by Gasteiger charge is 2.55. The molecule has 0 N–H and O–H groups in total. The quantitative estimate of drug-likeness (QED) is 0.236. The van der Waals surface area contributed by atoms with Gasteiger partial charge in [-0.25, -0.2) is 0 Å². The Bertz CT molecular complexity index is 1100. The molecule has 4 saturated carbocycles. The van der Waals surface area contributed by atoms with Gasteiger partial charge in [-0.2, -0.15) is 0 Å². The summed E-state index contributed by atoms with van der Waals surface area (Å²) in [6.45, 7) is 4.22. The van der Waals surface area contributed by atoms with Crippen LogP contribution in [0.3, 0.4) is 0 Å². The lowest BCUT2D eigenvalue weighted by atomic mass is 9.49. The number of benzene rings is 3. The molecule has 34 heavy (non-hydrogen) atoms. The van der Waals surface area contributed by atoms with Crippen molar-refractivity contribution in [2.75, 3.05) is 0 Å². The number of hydrogen-bond acceptors (Lipinski definition) is 2. The van der Waals surface area contributed by atoms with Gasteiger partial charge in [-0.15, -0.1) is 0 Å². The van der Waals surface area contributed by atoms with Gasteiger partial charge < -0.3 is 4.74 Å². The molecule has 3 aromatic carbocycles. The summed E-state index contributed by atoms with van der Waals surface area (Å²) >= 11 is 0. The summed E-state index contributed by atoms with van der Waals surface area (Å²) in [5, 5.41) is 4.19. The van der Waals surface area contributed by atoms with Crippen molar-refractivity contribution in [1.82, 2.24) is 0 Å². The first-order valence-corrected chi connectivity index (χ1v) is 14.7. The zero-order chi connectivity index (χ0) is 23.3. The van der Waals surface area contributed by atoms with Gasteiger partial charge in [0.1, 0.15) is 14.5 Å². The van der Waals surface area contributed by atoms with Gasteiger partial charge in [-0.05, 0) is 81.3 Å². The summed E-state index contributed by atoms with van der Waals surface area (Å²) in [7, 11) is -1.61. The Kier molecular flexibility index (Phi) is 5.48. The molecule has 4 bridgehead atoms. The average molecular weight is 467 g/mol. The second kappa shape index (κ2) is 8.53. The van der Waals surface area contributed by atoms with Crippen LogP contribution < -0.4 is 20.3 Å². The van der Waals surface area contributed by atoms with Gasteiger partial charge in [0, 0.05) is 0 Å². The maximum Gasteiger partial charge on any atom is 0.317 e. The number of rotatable bonds is 5. The van der Waals surface area contributed by atoms with Gasteiger partial charge in [-0.3, -0.25) is 4.79 Å². The molecular formula is C31H34O2Si. The third-order valence-corrected chi connectivity index (χ3v) is 11.9. The standard InChI is InChI=1S/C31H34O2Si/c1-21-13-28(34(26-9-5-3-6-10-26)27-11-7-4-8-12-27)14-22(2)29(21)33-30(32)31-18-23-15-24(19-31)17-25(16-23)20-31/h3-14,23-25,34H,15-20H2,1-2H3. The van der Waals surface area contributed by atoms with Gasteiger partial charge in [-0.1, -0.05) is 88.4 Å². The van der Waals surface area contributed by atoms with Gasteiger partial charge in [0.05, 0.1) is 5.41 Å². The third-order valence-electron chi connectivity index (χ3n) is 8.75. The number of carbonyl (C=O) groups is 1. The average Bonchev–Trinajstić information content (AvgIpc) is 2.82. The van der Waals surface area contributed by atoms with E-state index in [0.717, 1.165) is 53.9 Å². The van der Waals surface area contributed by atoms with Crippen LogP contribution in [-0.4, -0.2) is 14.8 Å². The van der Waals surface area contributed by atoms with E-state index in [1.54, 1.807) is 0 Å². The summed E-state index contributed by atoms with van der Waals surface area (Å²) < 4.78 is 6.28. The summed E-state index contributed by atoms with van der Waals surface area (Å²) in [5.74, 6) is 3.06. The molecule has 0 amide bonds. The maximum atomic E-state index is 13.6. The molecule has 7 rings (SSSR count). The van der Waals surface area contributed by atoms with Gasteiger partial charge in [0.25, 0.3) is 0 Å². The molecule has 4 aliphatic rings. The van der Waals surface area contributed by atoms with E-state index in [2.05, 4.69) is 86.6 Å². The minimum absolute atomic E-state index is 0.0467. The van der Waals surface area contributed by atoms with Crippen LogP contribution in [-0.2, 0) is 4.79 Å². The molecule has 3 aromatic rings. The Labute approximate surface area is 205 Å². The van der Waals surface area contributed by atoms with Crippen molar-refractivity contribution in [1.29, 1.82) is 0 Å². The van der Waals surface area contributed by atoms with E-state index in [9.17, 15) is 4.79 Å². The Morgan fingerprint density at radius 3 is 1.62 bits per heavy atom. The molecule has 3 heteroatoms. The predicted octanol–water partition coefficient (Wildman–Crippen LogP) is 4.67. The summed E-state index contributed by atoms with van der Waals surface area (Å²) in [6.07, 6.45) is 7.15. The normalized spacial score (nSPS) is 27.2. The molecule has 0 spiro atoms. The lowest BCUT2D eigenvalue weighted by molar-refractivity contribution is -0.161. The molecule has 0 unspecified atom stereocenters. The minimum atomic E-state index is -1.61. The van der Waals surface area contributed by atoms with Crippen LogP contribution in [0.15, 0.2) is 72.8 Å². The van der Waals surface area contributed by atoms with E-state index in [1.165, 1.54) is 34.8 Å². The molecule has 174 valence electrons. The van der Waals surface area contributed by atoms with Crippen LogP contribution >= 0.6 is 0 Å². The molecule has 2 nitrogen and oxygen atoms in total. The largest absolute Gasteiger partial charge is 0.426 e. The fourth-order valence-electron chi connectivity index (χ4n) is 7.74. The monoisotopic (exact) mass is 466 g/mol. The number of aryl methyl sites for hydroxylation is 2. The zero-order valence-corrected chi connectivity index (χ0v) is 21.5. The third kappa shape index (κ3) is 3.84. The van der Waals surface area contributed by atoms with E-state index in [0.29, 0.717) is 0 Å². The SMILES string of the molecule is Cc1cc([SiH](c2ccccc2)c2ccccc2)cc(C)c1OC(=O)C12CC3CC(CC(C3)C1)C2. The van der Waals surface area contributed by atoms with E-state index in [-0.39, 0.29) is 11.4 Å². The number of carbonyl (C=O) groups excluding carboxylic acids is 1. The van der Waals surface area contributed by atoms with E-state index >= 15 is 0 Å². The van der Waals surface area contributed by atoms with Crippen LogP contribution in [0.4, 0.5) is 0 Å². The minimum Gasteiger partial charge on any atom is -0.426 e. The number of ether oxygens (including phenoxy) is 1. The van der Waals surface area contributed by atoms with Crippen molar-refractivity contribution >= 4 is 30.3 Å². The van der Waals surface area contributed by atoms with Gasteiger partial charge in [0.15, 0.2) is 0 Å². The van der Waals surface area contributed by atoms with Crippen molar-refractivity contribution < 1.29 is 9.53 Å². The fraction of sp³-hybridized carbons (Fsp3) is 0.387. The Morgan fingerprint density at radius 1 is 0.735 bits per heavy atom. The molecule has 0 aliphatic heterocycles. The lowest BCUT2D eigenvalue weighted by Crippen LogP contribution is -2.52. The number of hydrogen-bond donors (Lipinski definition) is 0.